The number of phenols is 1. The van der Waals surface area contributed by atoms with E-state index in [2.05, 4.69) is 22.0 Å². The van der Waals surface area contributed by atoms with E-state index in [0.717, 1.165) is 10.0 Å². The van der Waals surface area contributed by atoms with E-state index in [4.69, 9.17) is 15.1 Å². The van der Waals surface area contributed by atoms with Gasteiger partial charge in [-0.15, -0.1) is 0 Å². The molecular weight excluding hydrogens is 294 g/mol. The molecule has 0 unspecified atom stereocenters. The van der Waals surface area contributed by atoms with Crippen molar-refractivity contribution in [3.8, 4) is 17.6 Å². The van der Waals surface area contributed by atoms with Crippen LogP contribution in [0.2, 0.25) is 0 Å². The predicted octanol–water partition coefficient (Wildman–Crippen LogP) is 3.61. The van der Waals surface area contributed by atoms with Gasteiger partial charge in [0, 0.05) is 4.47 Å². The molecule has 0 saturated carbocycles. The van der Waals surface area contributed by atoms with E-state index in [0.29, 0.717) is 17.9 Å². The standard InChI is InChI=1S/C14H10BrNO2/c15-12-3-6-14(11(7-12)8-16)18-9-10-1-4-13(17)5-2-10/h1-7,17H,9H2. The number of benzene rings is 2. The highest BCUT2D eigenvalue weighted by atomic mass is 79.9. The van der Waals surface area contributed by atoms with Crippen LogP contribution in [0.5, 0.6) is 11.5 Å². The quantitative estimate of drug-likeness (QED) is 0.942. The van der Waals surface area contributed by atoms with Crippen molar-refractivity contribution in [2.45, 2.75) is 6.61 Å². The summed E-state index contributed by atoms with van der Waals surface area (Å²) in [5.74, 6) is 0.772. The van der Waals surface area contributed by atoms with Crippen LogP contribution >= 0.6 is 15.9 Å². The maximum atomic E-state index is 9.17. The molecule has 0 aliphatic rings. The smallest absolute Gasteiger partial charge is 0.137 e. The lowest BCUT2D eigenvalue weighted by molar-refractivity contribution is 0.305. The molecule has 1 N–H and O–H groups in total. The number of nitrogens with zero attached hydrogens (tertiary/aromatic N) is 1. The van der Waals surface area contributed by atoms with Gasteiger partial charge in [0.15, 0.2) is 0 Å². The van der Waals surface area contributed by atoms with Gasteiger partial charge < -0.3 is 9.84 Å². The Morgan fingerprint density at radius 3 is 2.56 bits per heavy atom. The van der Waals surface area contributed by atoms with Gasteiger partial charge in [0.1, 0.15) is 24.2 Å². The molecule has 0 atom stereocenters. The molecule has 2 rings (SSSR count). The summed E-state index contributed by atoms with van der Waals surface area (Å²) in [6.45, 7) is 0.358. The minimum absolute atomic E-state index is 0.222. The second-order valence-corrected chi connectivity index (χ2v) is 4.62. The number of ether oxygens (including phenoxy) is 1. The summed E-state index contributed by atoms with van der Waals surface area (Å²) in [5, 5.41) is 18.2. The van der Waals surface area contributed by atoms with Crippen LogP contribution in [0, 0.1) is 11.3 Å². The fraction of sp³-hybridized carbons (Fsp3) is 0.0714. The summed E-state index contributed by atoms with van der Waals surface area (Å²) in [6, 6.07) is 14.1. The van der Waals surface area contributed by atoms with Crippen LogP contribution in [0.3, 0.4) is 0 Å². The third-order valence-corrected chi connectivity index (χ3v) is 2.89. The Morgan fingerprint density at radius 1 is 1.17 bits per heavy atom. The van der Waals surface area contributed by atoms with Crippen LogP contribution in [0.15, 0.2) is 46.9 Å². The summed E-state index contributed by atoms with van der Waals surface area (Å²) >= 11 is 3.31. The molecule has 0 fully saturated rings. The first-order valence-electron chi connectivity index (χ1n) is 5.29. The summed E-state index contributed by atoms with van der Waals surface area (Å²) < 4.78 is 6.43. The maximum Gasteiger partial charge on any atom is 0.137 e. The monoisotopic (exact) mass is 303 g/mol. The van der Waals surface area contributed by atoms with Crippen LogP contribution in [-0.4, -0.2) is 5.11 Å². The average Bonchev–Trinajstić information content (AvgIpc) is 2.39. The highest BCUT2D eigenvalue weighted by molar-refractivity contribution is 9.10. The molecule has 18 heavy (non-hydrogen) atoms. The SMILES string of the molecule is N#Cc1cc(Br)ccc1OCc1ccc(O)cc1. The van der Waals surface area contributed by atoms with E-state index in [9.17, 15) is 0 Å². The van der Waals surface area contributed by atoms with Crippen molar-refractivity contribution in [1.29, 1.82) is 5.26 Å². The normalized spacial score (nSPS) is 9.78. The Labute approximate surface area is 113 Å². The van der Waals surface area contributed by atoms with Gasteiger partial charge in [-0.05, 0) is 35.9 Å². The fourth-order valence-corrected chi connectivity index (χ4v) is 1.83. The number of nitriles is 1. The topological polar surface area (TPSA) is 53.2 Å². The highest BCUT2D eigenvalue weighted by Crippen LogP contribution is 2.23. The zero-order valence-corrected chi connectivity index (χ0v) is 11.0. The van der Waals surface area contributed by atoms with E-state index >= 15 is 0 Å². The lowest BCUT2D eigenvalue weighted by Crippen LogP contribution is -1.97. The summed E-state index contributed by atoms with van der Waals surface area (Å²) in [7, 11) is 0. The molecule has 0 saturated heterocycles. The lowest BCUT2D eigenvalue weighted by Gasteiger charge is -2.08. The Morgan fingerprint density at radius 2 is 1.89 bits per heavy atom. The molecule has 4 heteroatoms. The molecular formula is C14H10BrNO2. The Balaban J connectivity index is 2.11. The molecule has 0 amide bonds. The molecule has 90 valence electrons. The third kappa shape index (κ3) is 3.02. The second kappa shape index (κ2) is 5.56. The molecule has 0 radical (unpaired) electrons. The molecule has 0 spiro atoms. The van der Waals surface area contributed by atoms with Gasteiger partial charge in [0.25, 0.3) is 0 Å². The van der Waals surface area contributed by atoms with E-state index in [1.165, 1.54) is 0 Å². The van der Waals surface area contributed by atoms with Crippen molar-refractivity contribution in [3.05, 3.63) is 58.1 Å². The maximum absolute atomic E-state index is 9.17. The molecule has 0 heterocycles. The van der Waals surface area contributed by atoms with Crippen LogP contribution in [-0.2, 0) is 6.61 Å². The minimum Gasteiger partial charge on any atom is -0.508 e. The Kier molecular flexibility index (Phi) is 3.85. The number of phenolic OH excluding ortho intramolecular Hbond substituents is 1. The Bertz CT molecular complexity index is 588. The lowest BCUT2D eigenvalue weighted by atomic mass is 10.2. The number of aromatic hydroxyl groups is 1. The fourth-order valence-electron chi connectivity index (χ4n) is 1.47. The zero-order chi connectivity index (χ0) is 13.0. The largest absolute Gasteiger partial charge is 0.508 e. The number of halogens is 1. The highest BCUT2D eigenvalue weighted by Gasteiger charge is 2.04. The molecule has 0 aliphatic carbocycles. The van der Waals surface area contributed by atoms with Gasteiger partial charge in [-0.2, -0.15) is 5.26 Å². The second-order valence-electron chi connectivity index (χ2n) is 3.71. The minimum atomic E-state index is 0.222. The average molecular weight is 304 g/mol. The predicted molar refractivity (Wildman–Crippen MR) is 71.3 cm³/mol. The molecule has 0 bridgehead atoms. The number of rotatable bonds is 3. The van der Waals surface area contributed by atoms with Crippen molar-refractivity contribution in [3.63, 3.8) is 0 Å². The van der Waals surface area contributed by atoms with Crippen molar-refractivity contribution in [1.82, 2.24) is 0 Å². The number of hydrogen-bond donors (Lipinski definition) is 1. The van der Waals surface area contributed by atoms with Gasteiger partial charge in [-0.3, -0.25) is 0 Å². The van der Waals surface area contributed by atoms with E-state index < -0.39 is 0 Å². The van der Waals surface area contributed by atoms with Gasteiger partial charge in [-0.25, -0.2) is 0 Å². The first-order chi connectivity index (χ1) is 8.69. The van der Waals surface area contributed by atoms with Gasteiger partial charge in [0.05, 0.1) is 5.56 Å². The zero-order valence-electron chi connectivity index (χ0n) is 9.43. The molecule has 3 nitrogen and oxygen atoms in total. The summed E-state index contributed by atoms with van der Waals surface area (Å²) in [5.41, 5.74) is 1.42. The van der Waals surface area contributed by atoms with Crippen LogP contribution in [0.25, 0.3) is 0 Å². The van der Waals surface area contributed by atoms with Gasteiger partial charge >= 0.3 is 0 Å². The molecule has 0 aliphatic heterocycles. The Hall–Kier alpha value is -1.99. The third-order valence-electron chi connectivity index (χ3n) is 2.39. The van der Waals surface area contributed by atoms with Crippen molar-refractivity contribution < 1.29 is 9.84 Å². The van der Waals surface area contributed by atoms with Crippen LogP contribution in [0.4, 0.5) is 0 Å². The van der Waals surface area contributed by atoms with Crippen molar-refractivity contribution >= 4 is 15.9 Å². The molecule has 0 aromatic heterocycles. The van der Waals surface area contributed by atoms with Crippen LogP contribution in [0.1, 0.15) is 11.1 Å². The van der Waals surface area contributed by atoms with E-state index in [-0.39, 0.29) is 5.75 Å². The summed E-state index contributed by atoms with van der Waals surface area (Å²) in [4.78, 5) is 0. The first-order valence-corrected chi connectivity index (χ1v) is 6.08. The first kappa shape index (κ1) is 12.5. The van der Waals surface area contributed by atoms with Crippen molar-refractivity contribution in [2.24, 2.45) is 0 Å². The summed E-state index contributed by atoms with van der Waals surface area (Å²) in [6.07, 6.45) is 0. The van der Waals surface area contributed by atoms with Crippen molar-refractivity contribution in [2.75, 3.05) is 0 Å². The van der Waals surface area contributed by atoms with E-state index in [1.807, 2.05) is 6.07 Å². The van der Waals surface area contributed by atoms with Gasteiger partial charge in [0.2, 0.25) is 0 Å². The molecule has 2 aromatic rings. The molecule has 2 aromatic carbocycles. The van der Waals surface area contributed by atoms with Gasteiger partial charge in [-0.1, -0.05) is 28.1 Å². The van der Waals surface area contributed by atoms with Crippen LogP contribution < -0.4 is 4.74 Å². The number of hydrogen-bond acceptors (Lipinski definition) is 3. The van der Waals surface area contributed by atoms with E-state index in [1.54, 1.807) is 36.4 Å².